The number of nitrogens with one attached hydrogen (secondary N) is 2. The lowest BCUT2D eigenvalue weighted by Crippen LogP contribution is -2.24. The summed E-state index contributed by atoms with van der Waals surface area (Å²) in [7, 11) is -3.68. The Hall–Kier alpha value is -2.23. The topological polar surface area (TPSA) is 84.5 Å². The second kappa shape index (κ2) is 9.12. The molecule has 0 fully saturated rings. The van der Waals surface area contributed by atoms with Gasteiger partial charge in [-0.3, -0.25) is 4.79 Å². The summed E-state index contributed by atoms with van der Waals surface area (Å²) in [4.78, 5) is 11.8. The molecular weight excluding hydrogens is 402 g/mol. The normalized spacial score (nSPS) is 11.3. The first-order chi connectivity index (χ1) is 12.7. The fraction of sp³-hybridized carbons (Fsp3) is 0.235. The van der Waals surface area contributed by atoms with Gasteiger partial charge in [-0.2, -0.15) is 0 Å². The molecule has 146 valence electrons. The molecule has 2 aromatic rings. The molecule has 27 heavy (non-hydrogen) atoms. The van der Waals surface area contributed by atoms with Crippen LogP contribution >= 0.6 is 11.6 Å². The van der Waals surface area contributed by atoms with Crippen molar-refractivity contribution in [3.63, 3.8) is 0 Å². The Labute approximate surface area is 160 Å². The van der Waals surface area contributed by atoms with E-state index in [2.05, 4.69) is 10.0 Å². The van der Waals surface area contributed by atoms with Crippen LogP contribution in [0.15, 0.2) is 41.3 Å². The number of benzene rings is 2. The van der Waals surface area contributed by atoms with E-state index < -0.39 is 34.2 Å². The Balaban J connectivity index is 1.99. The van der Waals surface area contributed by atoms with Gasteiger partial charge in [0.2, 0.25) is 10.0 Å². The molecule has 0 saturated heterocycles. The Morgan fingerprint density at radius 3 is 2.52 bits per heavy atom. The monoisotopic (exact) mass is 418 g/mol. The maximum absolute atomic E-state index is 13.1. The lowest BCUT2D eigenvalue weighted by molar-refractivity contribution is -0.118. The van der Waals surface area contributed by atoms with E-state index >= 15 is 0 Å². The van der Waals surface area contributed by atoms with Crippen molar-refractivity contribution in [2.75, 3.05) is 18.5 Å². The summed E-state index contributed by atoms with van der Waals surface area (Å²) in [6.45, 7) is 1.67. The van der Waals surface area contributed by atoms with E-state index in [0.717, 1.165) is 12.1 Å². The van der Waals surface area contributed by atoms with E-state index in [1.54, 1.807) is 0 Å². The fourth-order valence-electron chi connectivity index (χ4n) is 2.00. The van der Waals surface area contributed by atoms with Crippen molar-refractivity contribution in [1.82, 2.24) is 4.72 Å². The maximum Gasteiger partial charge on any atom is 0.262 e. The molecule has 0 heterocycles. The molecule has 0 radical (unpaired) electrons. The Morgan fingerprint density at radius 1 is 1.15 bits per heavy atom. The lowest BCUT2D eigenvalue weighted by Gasteiger charge is -2.11. The number of carbonyl (C=O) groups is 1. The third-order valence-corrected chi connectivity index (χ3v) is 5.07. The molecular formula is C17H17ClF2N2O4S. The molecule has 2 rings (SSSR count). The smallest absolute Gasteiger partial charge is 0.262 e. The van der Waals surface area contributed by atoms with Gasteiger partial charge in [-0.05, 0) is 36.8 Å². The molecule has 0 saturated carbocycles. The molecule has 0 aliphatic carbocycles. The third kappa shape index (κ3) is 5.88. The summed E-state index contributed by atoms with van der Waals surface area (Å²) in [5.74, 6) is -2.64. The highest BCUT2D eigenvalue weighted by Gasteiger charge is 2.16. The van der Waals surface area contributed by atoms with Crippen molar-refractivity contribution in [3.05, 3.63) is 53.1 Å². The van der Waals surface area contributed by atoms with Crippen LogP contribution in [0.1, 0.15) is 13.3 Å². The summed E-state index contributed by atoms with van der Waals surface area (Å²) in [5.41, 5.74) is 0.0667. The van der Waals surface area contributed by atoms with Gasteiger partial charge in [-0.15, -0.1) is 0 Å². The zero-order chi connectivity index (χ0) is 20.0. The highest BCUT2D eigenvalue weighted by atomic mass is 35.5. The minimum absolute atomic E-state index is 0.00926. The molecule has 1 amide bonds. The molecule has 0 aromatic heterocycles. The van der Waals surface area contributed by atoms with E-state index in [4.69, 9.17) is 16.3 Å². The number of ether oxygens (including phenoxy) is 1. The number of hydrogen-bond acceptors (Lipinski definition) is 4. The summed E-state index contributed by atoms with van der Waals surface area (Å²) in [6, 6.07) is 6.76. The van der Waals surface area contributed by atoms with Gasteiger partial charge in [0.05, 0.1) is 9.92 Å². The molecule has 6 nitrogen and oxygen atoms in total. The van der Waals surface area contributed by atoms with Gasteiger partial charge in [-0.1, -0.05) is 18.5 Å². The van der Waals surface area contributed by atoms with Gasteiger partial charge in [0.1, 0.15) is 5.75 Å². The van der Waals surface area contributed by atoms with Crippen LogP contribution in [0.2, 0.25) is 5.02 Å². The lowest BCUT2D eigenvalue weighted by atomic mass is 10.3. The molecule has 2 aromatic carbocycles. The molecule has 2 N–H and O–H groups in total. The van der Waals surface area contributed by atoms with E-state index in [9.17, 15) is 22.0 Å². The number of carbonyl (C=O) groups excluding carboxylic acids is 1. The van der Waals surface area contributed by atoms with E-state index in [1.807, 2.05) is 6.92 Å². The van der Waals surface area contributed by atoms with Crippen LogP contribution in [0.3, 0.4) is 0 Å². The van der Waals surface area contributed by atoms with Gasteiger partial charge in [0.25, 0.3) is 5.91 Å². The summed E-state index contributed by atoms with van der Waals surface area (Å²) < 4.78 is 57.7. The highest BCUT2D eigenvalue weighted by molar-refractivity contribution is 7.89. The second-order valence-electron chi connectivity index (χ2n) is 5.46. The van der Waals surface area contributed by atoms with Crippen LogP contribution in [0.4, 0.5) is 14.5 Å². The van der Waals surface area contributed by atoms with Gasteiger partial charge >= 0.3 is 0 Å². The number of rotatable bonds is 8. The molecule has 10 heteroatoms. The van der Waals surface area contributed by atoms with Crippen LogP contribution in [-0.2, 0) is 14.8 Å². The summed E-state index contributed by atoms with van der Waals surface area (Å²) in [5, 5.41) is 2.35. The number of amides is 1. The fourth-order valence-corrected chi connectivity index (χ4v) is 3.46. The minimum atomic E-state index is -3.68. The second-order valence-corrected chi connectivity index (χ2v) is 7.63. The Morgan fingerprint density at radius 2 is 1.89 bits per heavy atom. The van der Waals surface area contributed by atoms with E-state index in [1.165, 1.54) is 24.3 Å². The van der Waals surface area contributed by atoms with Crippen molar-refractivity contribution >= 4 is 33.2 Å². The average Bonchev–Trinajstić information content (AvgIpc) is 2.62. The van der Waals surface area contributed by atoms with E-state index in [0.29, 0.717) is 13.0 Å². The zero-order valence-electron chi connectivity index (χ0n) is 14.3. The van der Waals surface area contributed by atoms with Gasteiger partial charge < -0.3 is 10.1 Å². The number of sulfonamides is 1. The van der Waals surface area contributed by atoms with Crippen LogP contribution in [-0.4, -0.2) is 27.5 Å². The van der Waals surface area contributed by atoms with Crippen molar-refractivity contribution in [1.29, 1.82) is 0 Å². The summed E-state index contributed by atoms with van der Waals surface area (Å²) >= 11 is 6.01. The molecule has 0 atom stereocenters. The SMILES string of the molecule is CCCNS(=O)(=O)c1ccc(OCC(=O)Nc2ccc(F)c(F)c2)c(Cl)c1. The standard InChI is InChI=1S/C17H17ClF2N2O4S/c1-2-7-21-27(24,25)12-4-6-16(13(18)9-12)26-10-17(23)22-11-3-5-14(19)15(20)8-11/h3-6,8-9,21H,2,7,10H2,1H3,(H,22,23). The van der Waals surface area contributed by atoms with Crippen LogP contribution < -0.4 is 14.8 Å². The first kappa shape index (κ1) is 21.1. The average molecular weight is 419 g/mol. The minimum Gasteiger partial charge on any atom is -0.482 e. The third-order valence-electron chi connectivity index (χ3n) is 3.32. The predicted octanol–water partition coefficient (Wildman–Crippen LogP) is 3.32. The molecule has 0 aliphatic rings. The van der Waals surface area contributed by atoms with Gasteiger partial charge in [0, 0.05) is 18.3 Å². The summed E-state index contributed by atoms with van der Waals surface area (Å²) in [6.07, 6.45) is 0.640. The molecule has 0 bridgehead atoms. The predicted molar refractivity (Wildman–Crippen MR) is 97.4 cm³/mol. The number of halogens is 3. The Bertz CT molecular complexity index is 939. The van der Waals surface area contributed by atoms with Crippen molar-refractivity contribution < 1.29 is 26.7 Å². The molecule has 0 unspecified atom stereocenters. The largest absolute Gasteiger partial charge is 0.482 e. The van der Waals surface area contributed by atoms with Crippen molar-refractivity contribution in [2.45, 2.75) is 18.2 Å². The van der Waals surface area contributed by atoms with Gasteiger partial charge in [-0.25, -0.2) is 21.9 Å². The first-order valence-corrected chi connectivity index (χ1v) is 9.76. The van der Waals surface area contributed by atoms with Crippen molar-refractivity contribution in [2.24, 2.45) is 0 Å². The molecule has 0 aliphatic heterocycles. The number of hydrogen-bond donors (Lipinski definition) is 2. The van der Waals surface area contributed by atoms with Crippen LogP contribution in [0.5, 0.6) is 5.75 Å². The maximum atomic E-state index is 13.1. The van der Waals surface area contributed by atoms with Gasteiger partial charge in [0.15, 0.2) is 18.2 Å². The zero-order valence-corrected chi connectivity index (χ0v) is 15.8. The first-order valence-electron chi connectivity index (χ1n) is 7.90. The van der Waals surface area contributed by atoms with Crippen LogP contribution in [0.25, 0.3) is 0 Å². The van der Waals surface area contributed by atoms with Crippen molar-refractivity contribution in [3.8, 4) is 5.75 Å². The number of anilines is 1. The Kier molecular flexibility index (Phi) is 7.11. The quantitative estimate of drug-likeness (QED) is 0.688. The highest BCUT2D eigenvalue weighted by Crippen LogP contribution is 2.27. The van der Waals surface area contributed by atoms with E-state index in [-0.39, 0.29) is 21.4 Å². The molecule has 0 spiro atoms. The van der Waals surface area contributed by atoms with Crippen LogP contribution in [0, 0.1) is 11.6 Å².